The summed E-state index contributed by atoms with van der Waals surface area (Å²) < 4.78 is 13.8. The Morgan fingerprint density at radius 1 is 1.10 bits per heavy atom. The first-order valence-corrected chi connectivity index (χ1v) is 7.13. The highest BCUT2D eigenvalue weighted by atomic mass is 16.7. The molecule has 0 atom stereocenters. The van der Waals surface area contributed by atoms with Crippen LogP contribution < -0.4 is 5.59 Å². The lowest BCUT2D eigenvalue weighted by molar-refractivity contribution is 0.00578. The Balaban J connectivity index is 1.87. The van der Waals surface area contributed by atoms with Gasteiger partial charge in [0.15, 0.2) is 0 Å². The zero-order valence-corrected chi connectivity index (χ0v) is 13.1. The van der Waals surface area contributed by atoms with Crippen LogP contribution in [0.3, 0.4) is 0 Å². The smallest absolute Gasteiger partial charge is 0.398 e. The Morgan fingerprint density at radius 2 is 1.76 bits per heavy atom. The van der Waals surface area contributed by atoms with Crippen LogP contribution in [-0.2, 0) is 9.31 Å². The molecule has 0 spiro atoms. The maximum Gasteiger partial charge on any atom is 0.516 e. The van der Waals surface area contributed by atoms with Crippen LogP contribution >= 0.6 is 0 Å². The molecule has 0 aliphatic carbocycles. The van der Waals surface area contributed by atoms with Crippen molar-refractivity contribution in [2.45, 2.75) is 45.8 Å². The molecule has 0 radical (unpaired) electrons. The summed E-state index contributed by atoms with van der Waals surface area (Å²) in [4.78, 5) is 4.20. The topological polar surface area (TPSA) is 49.2 Å². The van der Waals surface area contributed by atoms with Crippen molar-refractivity contribution in [3.63, 3.8) is 0 Å². The molecule has 3 heterocycles. The molecule has 0 unspecified atom stereocenters. The van der Waals surface area contributed by atoms with Gasteiger partial charge in [0.2, 0.25) is 0 Å². The van der Waals surface area contributed by atoms with Crippen LogP contribution in [0.5, 0.6) is 0 Å². The van der Waals surface area contributed by atoms with Gasteiger partial charge in [0, 0.05) is 18.1 Å². The van der Waals surface area contributed by atoms with Gasteiger partial charge < -0.3 is 9.31 Å². The van der Waals surface area contributed by atoms with Crippen LogP contribution in [-0.4, -0.2) is 33.1 Å². The summed E-state index contributed by atoms with van der Waals surface area (Å²) in [7, 11) is -0.431. The molecule has 0 saturated carbocycles. The highest BCUT2D eigenvalue weighted by molar-refractivity contribution is 6.61. The van der Waals surface area contributed by atoms with E-state index in [1.165, 1.54) is 0 Å². The van der Waals surface area contributed by atoms with E-state index in [0.717, 1.165) is 17.0 Å². The number of pyridine rings is 1. The van der Waals surface area contributed by atoms with Crippen molar-refractivity contribution < 1.29 is 9.31 Å². The van der Waals surface area contributed by atoms with E-state index in [9.17, 15) is 0 Å². The third kappa shape index (κ3) is 2.49. The monoisotopic (exact) mass is 285 g/mol. The van der Waals surface area contributed by atoms with E-state index in [0.29, 0.717) is 0 Å². The molecule has 1 aliphatic rings. The van der Waals surface area contributed by atoms with E-state index in [4.69, 9.17) is 9.31 Å². The zero-order valence-electron chi connectivity index (χ0n) is 13.1. The van der Waals surface area contributed by atoms with Gasteiger partial charge in [-0.2, -0.15) is 5.10 Å². The van der Waals surface area contributed by atoms with E-state index in [1.54, 1.807) is 6.20 Å². The molecule has 2 aromatic heterocycles. The van der Waals surface area contributed by atoms with Gasteiger partial charge in [-0.25, -0.2) is 4.68 Å². The molecule has 0 aromatic carbocycles. The van der Waals surface area contributed by atoms with E-state index in [2.05, 4.69) is 10.1 Å². The normalized spacial score (nSPS) is 20.0. The van der Waals surface area contributed by atoms with Crippen LogP contribution in [0.4, 0.5) is 0 Å². The zero-order chi connectivity index (χ0) is 15.3. The lowest BCUT2D eigenvalue weighted by Crippen LogP contribution is -2.41. The second-order valence-electron chi connectivity index (χ2n) is 6.43. The number of nitrogens with zero attached hydrogens (tertiary/aromatic N) is 3. The van der Waals surface area contributed by atoms with Crippen LogP contribution in [0, 0.1) is 6.92 Å². The highest BCUT2D eigenvalue weighted by Gasteiger charge is 2.52. The molecule has 3 rings (SSSR count). The van der Waals surface area contributed by atoms with E-state index < -0.39 is 7.12 Å². The predicted octanol–water partition coefficient (Wildman–Crippen LogP) is 1.87. The first kappa shape index (κ1) is 14.3. The summed E-state index contributed by atoms with van der Waals surface area (Å²) in [6, 6.07) is 5.84. The van der Waals surface area contributed by atoms with Gasteiger partial charge in [0.1, 0.15) is 0 Å². The van der Waals surface area contributed by atoms with Crippen molar-refractivity contribution in [3.8, 4) is 5.69 Å². The van der Waals surface area contributed by atoms with Gasteiger partial charge in [0.25, 0.3) is 0 Å². The van der Waals surface area contributed by atoms with E-state index in [-0.39, 0.29) is 11.2 Å². The van der Waals surface area contributed by atoms with Gasteiger partial charge >= 0.3 is 7.12 Å². The average Bonchev–Trinajstić information content (AvgIpc) is 2.93. The van der Waals surface area contributed by atoms with E-state index in [1.807, 2.05) is 63.7 Å². The lowest BCUT2D eigenvalue weighted by Gasteiger charge is -2.32. The van der Waals surface area contributed by atoms with Gasteiger partial charge in [-0.05, 0) is 52.8 Å². The Morgan fingerprint density at radius 3 is 2.38 bits per heavy atom. The van der Waals surface area contributed by atoms with Crippen molar-refractivity contribution in [1.29, 1.82) is 0 Å². The molecule has 5 nitrogen and oxygen atoms in total. The second-order valence-corrected chi connectivity index (χ2v) is 6.43. The van der Waals surface area contributed by atoms with E-state index >= 15 is 0 Å². The van der Waals surface area contributed by atoms with Crippen LogP contribution in [0.1, 0.15) is 33.4 Å². The van der Waals surface area contributed by atoms with Crippen molar-refractivity contribution in [2.24, 2.45) is 0 Å². The molecular weight excluding hydrogens is 265 g/mol. The number of hydrogen-bond donors (Lipinski definition) is 0. The lowest BCUT2D eigenvalue weighted by atomic mass is 9.85. The minimum absolute atomic E-state index is 0.352. The number of rotatable bonds is 2. The van der Waals surface area contributed by atoms with Crippen molar-refractivity contribution >= 4 is 12.7 Å². The first-order chi connectivity index (χ1) is 9.78. The summed E-state index contributed by atoms with van der Waals surface area (Å²) >= 11 is 0. The highest BCUT2D eigenvalue weighted by Crippen LogP contribution is 2.36. The summed E-state index contributed by atoms with van der Waals surface area (Å²) in [6.45, 7) is 10.1. The molecule has 1 aliphatic heterocycles. The Labute approximate surface area is 125 Å². The average molecular weight is 285 g/mol. The van der Waals surface area contributed by atoms with Gasteiger partial charge in [0.05, 0.1) is 22.5 Å². The molecule has 6 heteroatoms. The fourth-order valence-corrected chi connectivity index (χ4v) is 2.24. The molecular formula is C15H20BN3O2. The van der Waals surface area contributed by atoms with Crippen LogP contribution in [0.15, 0.2) is 30.6 Å². The second kappa shape index (κ2) is 4.68. The number of aryl methyl sites for hydroxylation is 1. The molecule has 110 valence electrons. The van der Waals surface area contributed by atoms with Gasteiger partial charge in [-0.1, -0.05) is 0 Å². The van der Waals surface area contributed by atoms with Crippen molar-refractivity contribution in [2.75, 3.05) is 0 Å². The Bertz CT molecular complexity index is 650. The predicted molar refractivity (Wildman–Crippen MR) is 81.8 cm³/mol. The van der Waals surface area contributed by atoms with Crippen LogP contribution in [0.2, 0.25) is 0 Å². The van der Waals surface area contributed by atoms with Crippen LogP contribution in [0.25, 0.3) is 5.69 Å². The van der Waals surface area contributed by atoms with Gasteiger partial charge in [-0.15, -0.1) is 0 Å². The molecule has 0 amide bonds. The summed E-state index contributed by atoms with van der Waals surface area (Å²) in [6.07, 6.45) is 3.69. The third-order valence-electron chi connectivity index (χ3n) is 4.25. The number of hydrogen-bond acceptors (Lipinski definition) is 4. The fourth-order valence-electron chi connectivity index (χ4n) is 2.24. The largest absolute Gasteiger partial charge is 0.516 e. The molecule has 0 N–H and O–H groups in total. The SMILES string of the molecule is Cc1cc(-n2ccc(B3OC(C)(C)C(C)(C)O3)n2)ccn1. The Hall–Kier alpha value is -1.66. The molecule has 1 fully saturated rings. The van der Waals surface area contributed by atoms with Crippen molar-refractivity contribution in [1.82, 2.24) is 14.8 Å². The standard InChI is InChI=1S/C15H20BN3O2/c1-11-10-12(6-8-17-11)19-9-7-13(18-19)16-20-14(2,3)15(4,5)21-16/h6-10H,1-5H3. The molecule has 1 saturated heterocycles. The first-order valence-electron chi connectivity index (χ1n) is 7.13. The minimum atomic E-state index is -0.431. The number of aromatic nitrogens is 3. The molecule has 0 bridgehead atoms. The minimum Gasteiger partial charge on any atom is -0.398 e. The molecule has 21 heavy (non-hydrogen) atoms. The fraction of sp³-hybridized carbons (Fsp3) is 0.467. The summed E-state index contributed by atoms with van der Waals surface area (Å²) in [5, 5.41) is 4.57. The molecule has 2 aromatic rings. The third-order valence-corrected chi connectivity index (χ3v) is 4.25. The van der Waals surface area contributed by atoms with Crippen molar-refractivity contribution in [3.05, 3.63) is 36.3 Å². The Kier molecular flexibility index (Phi) is 3.18. The summed E-state index contributed by atoms with van der Waals surface area (Å²) in [5.74, 6) is 0. The maximum absolute atomic E-state index is 6.01. The quantitative estimate of drug-likeness (QED) is 0.790. The maximum atomic E-state index is 6.01. The summed E-state index contributed by atoms with van der Waals surface area (Å²) in [5.41, 5.74) is 2.01. The van der Waals surface area contributed by atoms with Gasteiger partial charge in [-0.3, -0.25) is 4.98 Å².